The van der Waals surface area contributed by atoms with Crippen molar-refractivity contribution in [3.8, 4) is 17.2 Å². The second kappa shape index (κ2) is 13.4. The fraction of sp³-hybridized carbons (Fsp3) is 0.455. The number of phenols is 1. The Hall–Kier alpha value is -2.94. The Labute approximate surface area is 210 Å². The Morgan fingerprint density at radius 1 is 1.03 bits per heavy atom. The number of rotatable bonds is 15. The largest absolute Gasteiger partial charge is 0.504 e. The van der Waals surface area contributed by atoms with Crippen LogP contribution in [-0.4, -0.2) is 48.4 Å². The van der Waals surface area contributed by atoms with E-state index in [0.717, 1.165) is 30.1 Å². The molecule has 0 fully saturated rings. The van der Waals surface area contributed by atoms with Gasteiger partial charge in [-0.3, -0.25) is 18.7 Å². The van der Waals surface area contributed by atoms with Crippen LogP contribution in [0.3, 0.4) is 0 Å². The van der Waals surface area contributed by atoms with Gasteiger partial charge in [0.15, 0.2) is 23.5 Å². The van der Waals surface area contributed by atoms with Crippen LogP contribution in [-0.2, 0) is 32.0 Å². The number of benzene rings is 1. The van der Waals surface area contributed by atoms with E-state index in [4.69, 9.17) is 14.2 Å². The van der Waals surface area contributed by atoms with Crippen molar-refractivity contribution >= 4 is 33.1 Å². The number of hydrogen-bond donors (Lipinski definition) is 4. The van der Waals surface area contributed by atoms with Crippen molar-refractivity contribution in [3.63, 3.8) is 0 Å². The summed E-state index contributed by atoms with van der Waals surface area (Å²) in [5.74, 6) is -3.93. The van der Waals surface area contributed by atoms with Gasteiger partial charge in [-0.15, -0.1) is 0 Å². The molecule has 0 heterocycles. The molecule has 4 N–H and O–H groups in total. The fourth-order valence-electron chi connectivity index (χ4n) is 3.19. The number of phenolic OH excluding ortho intramolecular Hbond substituents is 1. The first-order valence-electron chi connectivity index (χ1n) is 10.8. The van der Waals surface area contributed by atoms with E-state index in [1.165, 1.54) is 0 Å². The minimum absolute atomic E-state index is 0.0302. The molecule has 0 aliphatic rings. The quantitative estimate of drug-likeness (QED) is 0.140. The first-order chi connectivity index (χ1) is 16.5. The molecule has 0 aliphatic heterocycles. The van der Waals surface area contributed by atoms with Crippen molar-refractivity contribution in [2.75, 3.05) is 0 Å². The first-order valence-corrected chi connectivity index (χ1v) is 13.5. The molecule has 0 saturated carbocycles. The Bertz CT molecular complexity index is 1230. The van der Waals surface area contributed by atoms with Gasteiger partial charge in [-0.2, -0.15) is 16.8 Å². The van der Waals surface area contributed by atoms with Gasteiger partial charge in [0, 0.05) is 5.56 Å². The zero-order valence-electron chi connectivity index (χ0n) is 20.0. The number of hydrogen-bond acceptors (Lipinski definition) is 9. The van der Waals surface area contributed by atoms with Gasteiger partial charge in [0.25, 0.3) is 0 Å². The zero-order chi connectivity index (χ0) is 27.7. The SMILES string of the molecule is CC(=CCc1cc(OS(=O)(=O)O)c(O)c(C=O)c1OS(=O)(=O)O)CCC=C(C)CCCC(C)C(=O)O. The van der Waals surface area contributed by atoms with E-state index in [-0.39, 0.29) is 18.3 Å². The molecule has 0 bridgehead atoms. The molecule has 1 aromatic rings. The Morgan fingerprint density at radius 2 is 1.61 bits per heavy atom. The van der Waals surface area contributed by atoms with Gasteiger partial charge in [-0.25, -0.2) is 0 Å². The highest BCUT2D eigenvalue weighted by Gasteiger charge is 2.25. The van der Waals surface area contributed by atoms with Gasteiger partial charge in [-0.1, -0.05) is 30.2 Å². The normalized spacial score (nSPS) is 13.8. The molecule has 1 unspecified atom stereocenters. The molecule has 14 heteroatoms. The van der Waals surface area contributed by atoms with E-state index in [9.17, 15) is 31.5 Å². The summed E-state index contributed by atoms with van der Waals surface area (Å²) in [7, 11) is -10.2. The van der Waals surface area contributed by atoms with Gasteiger partial charge in [0.2, 0.25) is 0 Å². The molecule has 12 nitrogen and oxygen atoms in total. The van der Waals surface area contributed by atoms with Crippen molar-refractivity contribution < 1.29 is 54.1 Å². The van der Waals surface area contributed by atoms with E-state index >= 15 is 0 Å². The molecule has 0 aromatic heterocycles. The van der Waals surface area contributed by atoms with Crippen LogP contribution in [0.25, 0.3) is 0 Å². The van der Waals surface area contributed by atoms with E-state index in [2.05, 4.69) is 8.37 Å². The van der Waals surface area contributed by atoms with Crippen LogP contribution in [0.4, 0.5) is 0 Å². The average Bonchev–Trinajstić information content (AvgIpc) is 2.73. The number of carboxylic acids is 1. The van der Waals surface area contributed by atoms with Crippen molar-refractivity contribution in [3.05, 3.63) is 40.5 Å². The van der Waals surface area contributed by atoms with E-state index < -0.39 is 55.5 Å². The van der Waals surface area contributed by atoms with E-state index in [1.54, 1.807) is 19.9 Å². The minimum Gasteiger partial charge on any atom is -0.504 e. The summed E-state index contributed by atoms with van der Waals surface area (Å²) >= 11 is 0. The number of allylic oxidation sites excluding steroid dienone is 4. The van der Waals surface area contributed by atoms with Crippen LogP contribution >= 0.6 is 0 Å². The van der Waals surface area contributed by atoms with Gasteiger partial charge in [0.1, 0.15) is 5.56 Å². The topological polar surface area (TPSA) is 202 Å². The van der Waals surface area contributed by atoms with Crippen LogP contribution in [0.5, 0.6) is 17.2 Å². The Kier molecular flexibility index (Phi) is 11.6. The molecule has 36 heavy (non-hydrogen) atoms. The molecular weight excluding hydrogens is 520 g/mol. The standard InChI is InChI=1S/C22H30O12S2/c1-14(8-5-9-16(3)22(25)26)6-4-7-15(2)10-11-17-12-19(33-35(27,28)29)20(24)18(13-23)21(17)34-36(30,31)32/h6,10,12-13,16,24H,4-5,7-9,11H2,1-3H3,(H,25,26)(H,27,28,29)(H,30,31,32). The van der Waals surface area contributed by atoms with Crippen LogP contribution in [0.1, 0.15) is 68.8 Å². The molecule has 0 radical (unpaired) electrons. The molecule has 202 valence electrons. The lowest BCUT2D eigenvalue weighted by Gasteiger charge is -2.14. The lowest BCUT2D eigenvalue weighted by atomic mass is 10.00. The summed E-state index contributed by atoms with van der Waals surface area (Å²) in [5, 5.41) is 19.0. The van der Waals surface area contributed by atoms with Crippen molar-refractivity contribution in [1.82, 2.24) is 0 Å². The summed E-state index contributed by atoms with van der Waals surface area (Å²) in [4.78, 5) is 22.3. The van der Waals surface area contributed by atoms with Crippen LogP contribution in [0, 0.1) is 5.92 Å². The highest BCUT2D eigenvalue weighted by atomic mass is 32.3. The molecular formula is C22H30O12S2. The van der Waals surface area contributed by atoms with Gasteiger partial charge < -0.3 is 18.6 Å². The third-order valence-corrected chi connectivity index (χ3v) is 5.93. The third-order valence-electron chi connectivity index (χ3n) is 5.16. The van der Waals surface area contributed by atoms with Gasteiger partial charge in [-0.05, 0) is 58.4 Å². The molecule has 0 aliphatic carbocycles. The smallest absolute Gasteiger partial charge is 0.446 e. The number of carboxylic acid groups (broad SMARTS) is 1. The van der Waals surface area contributed by atoms with Crippen molar-refractivity contribution in [2.45, 2.75) is 59.3 Å². The number of carbonyl (C=O) groups is 2. The first kappa shape index (κ1) is 31.1. The second-order valence-electron chi connectivity index (χ2n) is 8.24. The Balaban J connectivity index is 3.05. The molecule has 0 spiro atoms. The predicted molar refractivity (Wildman–Crippen MR) is 129 cm³/mol. The summed E-state index contributed by atoms with van der Waals surface area (Å²) in [6.45, 7) is 5.38. The molecule has 1 rings (SSSR count). The zero-order valence-corrected chi connectivity index (χ0v) is 21.6. The highest BCUT2D eigenvalue weighted by Crippen LogP contribution is 2.40. The second-order valence-corrected chi connectivity index (χ2v) is 10.3. The number of aromatic hydroxyl groups is 1. The number of carbonyl (C=O) groups excluding carboxylic acids is 1. The van der Waals surface area contributed by atoms with Crippen LogP contribution in [0.2, 0.25) is 0 Å². The maximum Gasteiger partial charge on any atom is 0.446 e. The van der Waals surface area contributed by atoms with Gasteiger partial charge in [0.05, 0.1) is 5.92 Å². The monoisotopic (exact) mass is 550 g/mol. The lowest BCUT2D eigenvalue weighted by Crippen LogP contribution is -2.12. The maximum absolute atomic E-state index is 11.5. The van der Waals surface area contributed by atoms with E-state index in [0.29, 0.717) is 19.3 Å². The fourth-order valence-corrected chi connectivity index (χ4v) is 3.95. The highest BCUT2D eigenvalue weighted by molar-refractivity contribution is 7.81. The lowest BCUT2D eigenvalue weighted by molar-refractivity contribution is -0.141. The van der Waals surface area contributed by atoms with Gasteiger partial charge >= 0.3 is 26.8 Å². The van der Waals surface area contributed by atoms with Crippen LogP contribution < -0.4 is 8.37 Å². The number of aldehydes is 1. The van der Waals surface area contributed by atoms with Crippen molar-refractivity contribution in [2.24, 2.45) is 5.92 Å². The maximum atomic E-state index is 11.5. The predicted octanol–water partition coefficient (Wildman–Crippen LogP) is 3.67. The molecule has 0 amide bonds. The summed E-state index contributed by atoms with van der Waals surface area (Å²) < 4.78 is 71.3. The summed E-state index contributed by atoms with van der Waals surface area (Å²) in [5.41, 5.74) is 0.982. The summed E-state index contributed by atoms with van der Waals surface area (Å²) in [6, 6.07) is 0.850. The van der Waals surface area contributed by atoms with Crippen LogP contribution in [0.15, 0.2) is 29.4 Å². The number of aliphatic carboxylic acids is 1. The van der Waals surface area contributed by atoms with Crippen molar-refractivity contribution in [1.29, 1.82) is 0 Å². The average molecular weight is 551 g/mol. The summed E-state index contributed by atoms with van der Waals surface area (Å²) in [6.07, 6.45) is 6.82. The minimum atomic E-state index is -5.12. The Morgan fingerprint density at radius 3 is 2.14 bits per heavy atom. The van der Waals surface area contributed by atoms with E-state index in [1.807, 2.05) is 13.0 Å². The third kappa shape index (κ3) is 11.2. The molecule has 0 saturated heterocycles. The molecule has 1 atom stereocenters. The molecule has 1 aromatic carbocycles.